The molecule has 6 heteroatoms. The SMILES string of the molecule is COc1cc(C(=O)N2CCC[C@@H](C(=O)O)C2)ccc1OC1CCCC1. The van der Waals surface area contributed by atoms with Gasteiger partial charge in [-0.2, -0.15) is 0 Å². The Morgan fingerprint density at radius 3 is 2.56 bits per heavy atom. The standard InChI is InChI=1S/C19H25NO5/c1-24-17-11-13(8-9-16(17)25-15-6-2-3-7-15)18(21)20-10-4-5-14(12-20)19(22)23/h8-9,11,14-15H,2-7,10,12H2,1H3,(H,22,23)/t14-/m1/s1. The van der Waals surface area contributed by atoms with E-state index in [2.05, 4.69) is 0 Å². The lowest BCUT2D eigenvalue weighted by Gasteiger charge is -2.31. The Kier molecular flexibility index (Phi) is 5.46. The van der Waals surface area contributed by atoms with Crippen LogP contribution in [0.4, 0.5) is 0 Å². The molecule has 0 radical (unpaired) electrons. The number of carboxylic acid groups (broad SMARTS) is 1. The van der Waals surface area contributed by atoms with Gasteiger partial charge in [-0.05, 0) is 56.7 Å². The predicted octanol–water partition coefficient (Wildman–Crippen LogP) is 2.95. The number of ether oxygens (including phenoxy) is 2. The zero-order chi connectivity index (χ0) is 17.8. The third-order valence-corrected chi connectivity index (χ3v) is 5.06. The van der Waals surface area contributed by atoms with Gasteiger partial charge in [-0.1, -0.05) is 0 Å². The first kappa shape index (κ1) is 17.6. The van der Waals surface area contributed by atoms with Crippen LogP contribution in [0.25, 0.3) is 0 Å². The van der Waals surface area contributed by atoms with E-state index in [0.717, 1.165) is 12.8 Å². The second-order valence-electron chi connectivity index (χ2n) is 6.82. The molecule has 2 fully saturated rings. The lowest BCUT2D eigenvalue weighted by molar-refractivity contribution is -0.143. The van der Waals surface area contributed by atoms with E-state index in [1.54, 1.807) is 30.2 Å². The second-order valence-corrected chi connectivity index (χ2v) is 6.82. The third kappa shape index (κ3) is 4.06. The van der Waals surface area contributed by atoms with Crippen molar-refractivity contribution >= 4 is 11.9 Å². The molecule has 136 valence electrons. The molecule has 1 N–H and O–H groups in total. The fraction of sp³-hybridized carbons (Fsp3) is 0.579. The van der Waals surface area contributed by atoms with Gasteiger partial charge in [0.15, 0.2) is 11.5 Å². The maximum absolute atomic E-state index is 12.7. The summed E-state index contributed by atoms with van der Waals surface area (Å²) < 4.78 is 11.4. The molecule has 0 bridgehead atoms. The van der Waals surface area contributed by atoms with Crippen LogP contribution in [0.1, 0.15) is 48.9 Å². The van der Waals surface area contributed by atoms with Crippen molar-refractivity contribution in [3.05, 3.63) is 23.8 Å². The number of nitrogens with zero attached hydrogens (tertiary/aromatic N) is 1. The van der Waals surface area contributed by atoms with Crippen molar-refractivity contribution in [1.29, 1.82) is 0 Å². The number of amides is 1. The van der Waals surface area contributed by atoms with Crippen molar-refractivity contribution in [3.8, 4) is 11.5 Å². The number of rotatable bonds is 5. The van der Waals surface area contributed by atoms with Crippen molar-refractivity contribution in [2.24, 2.45) is 5.92 Å². The largest absolute Gasteiger partial charge is 0.493 e. The van der Waals surface area contributed by atoms with Crippen LogP contribution in [-0.4, -0.2) is 48.2 Å². The first-order chi connectivity index (χ1) is 12.1. The van der Waals surface area contributed by atoms with E-state index in [1.807, 2.05) is 0 Å². The molecule has 1 aromatic carbocycles. The number of aliphatic carboxylic acids is 1. The predicted molar refractivity (Wildman–Crippen MR) is 92.1 cm³/mol. The van der Waals surface area contributed by atoms with E-state index in [-0.39, 0.29) is 18.6 Å². The van der Waals surface area contributed by atoms with Crippen molar-refractivity contribution in [2.75, 3.05) is 20.2 Å². The number of hydrogen-bond acceptors (Lipinski definition) is 4. The number of benzene rings is 1. The van der Waals surface area contributed by atoms with Crippen molar-refractivity contribution in [2.45, 2.75) is 44.6 Å². The minimum Gasteiger partial charge on any atom is -0.493 e. The van der Waals surface area contributed by atoms with Crippen LogP contribution >= 0.6 is 0 Å². The van der Waals surface area contributed by atoms with Crippen molar-refractivity contribution in [1.82, 2.24) is 4.90 Å². The molecular formula is C19H25NO5. The molecule has 1 atom stereocenters. The lowest BCUT2D eigenvalue weighted by Crippen LogP contribution is -2.42. The highest BCUT2D eigenvalue weighted by atomic mass is 16.5. The van der Waals surface area contributed by atoms with Gasteiger partial charge in [0, 0.05) is 18.7 Å². The van der Waals surface area contributed by atoms with Crippen LogP contribution in [0.3, 0.4) is 0 Å². The summed E-state index contributed by atoms with van der Waals surface area (Å²) in [4.78, 5) is 25.5. The Hall–Kier alpha value is -2.24. The molecule has 6 nitrogen and oxygen atoms in total. The molecule has 25 heavy (non-hydrogen) atoms. The number of carboxylic acids is 1. The van der Waals surface area contributed by atoms with Gasteiger partial charge in [-0.25, -0.2) is 0 Å². The molecule has 0 aromatic heterocycles. The van der Waals surface area contributed by atoms with E-state index in [4.69, 9.17) is 9.47 Å². The van der Waals surface area contributed by atoms with Gasteiger partial charge in [0.05, 0.1) is 19.1 Å². The number of methoxy groups -OCH3 is 1. The first-order valence-electron chi connectivity index (χ1n) is 8.95. The van der Waals surface area contributed by atoms with Gasteiger partial charge in [-0.15, -0.1) is 0 Å². The quantitative estimate of drug-likeness (QED) is 0.886. The Morgan fingerprint density at radius 1 is 1.12 bits per heavy atom. The molecule has 1 aliphatic carbocycles. The topological polar surface area (TPSA) is 76.1 Å². The average molecular weight is 347 g/mol. The molecule has 1 heterocycles. The van der Waals surface area contributed by atoms with Crippen LogP contribution in [0.2, 0.25) is 0 Å². The Balaban J connectivity index is 1.73. The van der Waals surface area contributed by atoms with Gasteiger partial charge < -0.3 is 19.5 Å². The molecule has 0 spiro atoms. The van der Waals surface area contributed by atoms with E-state index in [9.17, 15) is 14.7 Å². The summed E-state index contributed by atoms with van der Waals surface area (Å²) in [7, 11) is 1.56. The smallest absolute Gasteiger partial charge is 0.308 e. The Bertz CT molecular complexity index is 639. The summed E-state index contributed by atoms with van der Waals surface area (Å²) in [5.74, 6) is -0.269. The third-order valence-electron chi connectivity index (χ3n) is 5.06. The van der Waals surface area contributed by atoms with Gasteiger partial charge >= 0.3 is 5.97 Å². The van der Waals surface area contributed by atoms with Crippen LogP contribution in [0.5, 0.6) is 11.5 Å². The van der Waals surface area contributed by atoms with Gasteiger partial charge in [0.25, 0.3) is 5.91 Å². The van der Waals surface area contributed by atoms with Gasteiger partial charge in [0.2, 0.25) is 0 Å². The Morgan fingerprint density at radius 2 is 1.88 bits per heavy atom. The normalized spacial score (nSPS) is 21.2. The van der Waals surface area contributed by atoms with Crippen molar-refractivity contribution < 1.29 is 24.2 Å². The molecule has 0 unspecified atom stereocenters. The van der Waals surface area contributed by atoms with Crippen LogP contribution in [0, 0.1) is 5.92 Å². The molecular weight excluding hydrogens is 322 g/mol. The van der Waals surface area contributed by atoms with Crippen LogP contribution in [0.15, 0.2) is 18.2 Å². The second kappa shape index (κ2) is 7.76. The first-order valence-corrected chi connectivity index (χ1v) is 8.95. The number of carbonyl (C=O) groups is 2. The number of likely N-dealkylation sites (tertiary alicyclic amines) is 1. The van der Waals surface area contributed by atoms with E-state index >= 15 is 0 Å². The molecule has 1 saturated carbocycles. The zero-order valence-corrected chi connectivity index (χ0v) is 14.6. The van der Waals surface area contributed by atoms with Crippen molar-refractivity contribution in [3.63, 3.8) is 0 Å². The minimum absolute atomic E-state index is 0.156. The van der Waals surface area contributed by atoms with E-state index in [0.29, 0.717) is 36.4 Å². The highest BCUT2D eigenvalue weighted by Gasteiger charge is 2.29. The molecule has 2 aliphatic rings. The maximum Gasteiger partial charge on any atom is 0.308 e. The van der Waals surface area contributed by atoms with Gasteiger partial charge in [-0.3, -0.25) is 9.59 Å². The highest BCUT2D eigenvalue weighted by molar-refractivity contribution is 5.95. The number of hydrogen-bond donors (Lipinski definition) is 1. The lowest BCUT2D eigenvalue weighted by atomic mass is 9.97. The number of carbonyl (C=O) groups excluding carboxylic acids is 1. The average Bonchev–Trinajstić information content (AvgIpc) is 3.14. The van der Waals surface area contributed by atoms with Crippen LogP contribution < -0.4 is 9.47 Å². The molecule has 3 rings (SSSR count). The Labute approximate surface area is 147 Å². The summed E-state index contributed by atoms with van der Waals surface area (Å²) in [5.41, 5.74) is 0.502. The summed E-state index contributed by atoms with van der Waals surface area (Å²) >= 11 is 0. The molecule has 1 aromatic rings. The summed E-state index contributed by atoms with van der Waals surface area (Å²) in [6.45, 7) is 0.849. The zero-order valence-electron chi connectivity index (χ0n) is 14.6. The monoisotopic (exact) mass is 347 g/mol. The van der Waals surface area contributed by atoms with E-state index < -0.39 is 11.9 Å². The summed E-state index contributed by atoms with van der Waals surface area (Å²) in [5, 5.41) is 9.19. The fourth-order valence-corrected chi connectivity index (χ4v) is 3.63. The molecule has 1 aliphatic heterocycles. The van der Waals surface area contributed by atoms with E-state index in [1.165, 1.54) is 12.8 Å². The molecule has 1 amide bonds. The van der Waals surface area contributed by atoms with Gasteiger partial charge in [0.1, 0.15) is 0 Å². The minimum atomic E-state index is -0.838. The summed E-state index contributed by atoms with van der Waals surface area (Å²) in [6, 6.07) is 5.21. The summed E-state index contributed by atoms with van der Waals surface area (Å²) in [6.07, 6.45) is 6.02. The maximum atomic E-state index is 12.7. The molecule has 1 saturated heterocycles. The fourth-order valence-electron chi connectivity index (χ4n) is 3.63. The van der Waals surface area contributed by atoms with Crippen LogP contribution in [-0.2, 0) is 4.79 Å². The highest BCUT2D eigenvalue weighted by Crippen LogP contribution is 2.33. The number of piperidine rings is 1.